The number of hydrogen-bond donors (Lipinski definition) is 0. The van der Waals surface area contributed by atoms with Crippen molar-refractivity contribution in [2.45, 2.75) is 54.4 Å². The summed E-state index contributed by atoms with van der Waals surface area (Å²) in [6, 6.07) is 12.9. The summed E-state index contributed by atoms with van der Waals surface area (Å²) in [5, 5.41) is 1.58. The average Bonchev–Trinajstić information content (AvgIpc) is 2.90. The van der Waals surface area contributed by atoms with Crippen molar-refractivity contribution < 1.29 is 27.9 Å². The number of benzene rings is 2. The standard InChI is InChI=1S/C32H34O8S2/c1-19-15-27(33)39-25-17-21(7-9-23(19)25)37-29(35)31(3,4)11-13-41-42-14-12-32(5,6)30(36)38-22-8-10-24-20(2)16-28(34)40-26(24)18-22/h7-10,15-18H,11-14H2,1-6H3. The van der Waals surface area contributed by atoms with Crippen LogP contribution in [0, 0.1) is 24.7 Å². The van der Waals surface area contributed by atoms with E-state index in [-0.39, 0.29) is 11.9 Å². The number of hydrogen-bond acceptors (Lipinski definition) is 10. The normalized spacial score (nSPS) is 12.0. The van der Waals surface area contributed by atoms with Gasteiger partial charge in [0.1, 0.15) is 22.7 Å². The highest BCUT2D eigenvalue weighted by molar-refractivity contribution is 8.76. The molecular formula is C32H34O8S2. The van der Waals surface area contributed by atoms with Crippen molar-refractivity contribution >= 4 is 55.5 Å². The van der Waals surface area contributed by atoms with E-state index in [1.807, 2.05) is 41.5 Å². The van der Waals surface area contributed by atoms with Crippen molar-refractivity contribution in [2.24, 2.45) is 10.8 Å². The predicted octanol–water partition coefficient (Wildman–Crippen LogP) is 7.24. The number of fused-ring (bicyclic) bond motifs is 2. The first kappa shape index (κ1) is 31.4. The smallest absolute Gasteiger partial charge is 0.336 e. The molecule has 4 aromatic rings. The van der Waals surface area contributed by atoms with Gasteiger partial charge in [0.05, 0.1) is 10.8 Å². The SMILES string of the molecule is Cc1cc(=O)oc2cc(OC(=O)C(C)(C)CCSSCCC(C)(C)C(=O)Oc3ccc4c(C)cc(=O)oc4c3)ccc12. The minimum atomic E-state index is -0.726. The van der Waals surface area contributed by atoms with Gasteiger partial charge in [-0.15, -0.1) is 0 Å². The van der Waals surface area contributed by atoms with Crippen molar-refractivity contribution in [1.82, 2.24) is 0 Å². The first-order valence-electron chi connectivity index (χ1n) is 13.5. The number of carbonyl (C=O) groups is 2. The molecule has 8 nitrogen and oxygen atoms in total. The monoisotopic (exact) mass is 610 g/mol. The molecule has 2 aromatic heterocycles. The van der Waals surface area contributed by atoms with E-state index < -0.39 is 22.1 Å². The van der Waals surface area contributed by atoms with Gasteiger partial charge in [0.25, 0.3) is 0 Å². The van der Waals surface area contributed by atoms with Gasteiger partial charge in [-0.25, -0.2) is 9.59 Å². The van der Waals surface area contributed by atoms with E-state index in [1.54, 1.807) is 58.0 Å². The third kappa shape index (κ3) is 7.66. The maximum absolute atomic E-state index is 12.9. The van der Waals surface area contributed by atoms with Gasteiger partial charge in [-0.3, -0.25) is 9.59 Å². The molecule has 0 aliphatic heterocycles. The van der Waals surface area contributed by atoms with Crippen molar-refractivity contribution in [2.75, 3.05) is 11.5 Å². The molecule has 2 aromatic carbocycles. The summed E-state index contributed by atoms with van der Waals surface area (Å²) in [5.41, 5.74) is -0.00166. The minimum Gasteiger partial charge on any atom is -0.426 e. The summed E-state index contributed by atoms with van der Waals surface area (Å²) in [7, 11) is 3.27. The molecule has 0 amide bonds. The summed E-state index contributed by atoms with van der Waals surface area (Å²) in [6.07, 6.45) is 1.18. The van der Waals surface area contributed by atoms with E-state index in [0.29, 0.717) is 47.0 Å². The highest BCUT2D eigenvalue weighted by Gasteiger charge is 2.31. The number of esters is 2. The molecule has 0 aliphatic rings. The fraction of sp³-hybridized carbons (Fsp3) is 0.375. The van der Waals surface area contributed by atoms with Gasteiger partial charge in [-0.1, -0.05) is 21.6 Å². The van der Waals surface area contributed by atoms with Crippen LogP contribution in [-0.4, -0.2) is 23.4 Å². The quantitative estimate of drug-likeness (QED) is 0.0566. The fourth-order valence-corrected chi connectivity index (χ4v) is 6.77. The molecule has 2 heterocycles. The number of carbonyl (C=O) groups excluding carboxylic acids is 2. The van der Waals surface area contributed by atoms with Crippen LogP contribution in [-0.2, 0) is 9.59 Å². The molecule has 222 valence electrons. The summed E-state index contributed by atoms with van der Waals surface area (Å²) in [5.74, 6) is 1.35. The van der Waals surface area contributed by atoms with Crippen molar-refractivity contribution in [3.05, 3.63) is 80.5 Å². The Hall–Kier alpha value is -3.50. The van der Waals surface area contributed by atoms with Crippen molar-refractivity contribution in [3.63, 3.8) is 0 Å². The second-order valence-corrected chi connectivity index (χ2v) is 14.2. The van der Waals surface area contributed by atoms with Crippen LogP contribution in [0.3, 0.4) is 0 Å². The zero-order valence-electron chi connectivity index (χ0n) is 24.5. The van der Waals surface area contributed by atoms with Crippen LogP contribution in [0.25, 0.3) is 21.9 Å². The third-order valence-corrected chi connectivity index (χ3v) is 9.48. The van der Waals surface area contributed by atoms with Gasteiger partial charge in [-0.05, 0) is 89.8 Å². The third-order valence-electron chi connectivity index (χ3n) is 7.08. The molecule has 0 bridgehead atoms. The second kappa shape index (κ2) is 12.8. The summed E-state index contributed by atoms with van der Waals surface area (Å²) >= 11 is 0. The first-order chi connectivity index (χ1) is 19.7. The molecule has 0 spiro atoms. The van der Waals surface area contributed by atoms with Crippen LogP contribution in [0.15, 0.2) is 67.0 Å². The van der Waals surface area contributed by atoms with Crippen LogP contribution in [0.1, 0.15) is 51.7 Å². The molecule has 0 saturated carbocycles. The maximum atomic E-state index is 12.9. The van der Waals surface area contributed by atoms with Crippen LogP contribution in [0.4, 0.5) is 0 Å². The van der Waals surface area contributed by atoms with E-state index in [2.05, 4.69) is 0 Å². The van der Waals surface area contributed by atoms with E-state index in [4.69, 9.17) is 18.3 Å². The molecular weight excluding hydrogens is 576 g/mol. The lowest BCUT2D eigenvalue weighted by atomic mass is 9.90. The lowest BCUT2D eigenvalue weighted by Crippen LogP contribution is -2.30. The Bertz CT molecular complexity index is 1620. The van der Waals surface area contributed by atoms with Crippen LogP contribution < -0.4 is 20.7 Å². The average molecular weight is 611 g/mol. The number of rotatable bonds is 11. The van der Waals surface area contributed by atoms with Crippen LogP contribution >= 0.6 is 21.6 Å². The molecule has 0 N–H and O–H groups in total. The molecule has 0 atom stereocenters. The van der Waals surface area contributed by atoms with Crippen molar-refractivity contribution in [3.8, 4) is 11.5 Å². The van der Waals surface area contributed by atoms with Gasteiger partial charge in [0, 0.05) is 46.5 Å². The molecule has 42 heavy (non-hydrogen) atoms. The van der Waals surface area contributed by atoms with Crippen LogP contribution in [0.5, 0.6) is 11.5 Å². The van der Waals surface area contributed by atoms with Crippen LogP contribution in [0.2, 0.25) is 0 Å². The lowest BCUT2D eigenvalue weighted by molar-refractivity contribution is -0.144. The fourth-order valence-electron chi connectivity index (χ4n) is 4.14. The Labute approximate surface area is 251 Å². The Kier molecular flexibility index (Phi) is 9.57. The second-order valence-electron chi connectivity index (χ2n) is 11.5. The molecule has 0 saturated heterocycles. The summed E-state index contributed by atoms with van der Waals surface area (Å²) in [4.78, 5) is 49.2. The largest absolute Gasteiger partial charge is 0.426 e. The molecule has 0 aliphatic carbocycles. The molecule has 0 unspecified atom stereocenters. The van der Waals surface area contributed by atoms with Gasteiger partial charge in [0.15, 0.2) is 0 Å². The summed E-state index contributed by atoms with van der Waals surface area (Å²) in [6.45, 7) is 11.0. The van der Waals surface area contributed by atoms with Gasteiger partial charge in [0.2, 0.25) is 0 Å². The molecule has 4 rings (SSSR count). The van der Waals surface area contributed by atoms with Crippen molar-refractivity contribution in [1.29, 1.82) is 0 Å². The van der Waals surface area contributed by atoms with E-state index in [9.17, 15) is 19.2 Å². The maximum Gasteiger partial charge on any atom is 0.336 e. The van der Waals surface area contributed by atoms with E-state index in [0.717, 1.165) is 21.9 Å². The van der Waals surface area contributed by atoms with E-state index in [1.165, 1.54) is 12.1 Å². The topological polar surface area (TPSA) is 113 Å². The number of ether oxygens (including phenoxy) is 2. The minimum absolute atomic E-state index is 0.328. The first-order valence-corrected chi connectivity index (χ1v) is 16.0. The molecule has 0 fully saturated rings. The number of aryl methyl sites for hydroxylation is 2. The Balaban J connectivity index is 1.22. The van der Waals surface area contributed by atoms with Gasteiger partial charge < -0.3 is 18.3 Å². The Morgan fingerprint density at radius 3 is 1.43 bits per heavy atom. The Morgan fingerprint density at radius 1 is 0.667 bits per heavy atom. The highest BCUT2D eigenvalue weighted by atomic mass is 33.1. The molecule has 0 radical (unpaired) electrons. The zero-order valence-corrected chi connectivity index (χ0v) is 26.2. The zero-order chi connectivity index (χ0) is 30.7. The predicted molar refractivity (Wildman–Crippen MR) is 167 cm³/mol. The van der Waals surface area contributed by atoms with Gasteiger partial charge in [-0.2, -0.15) is 0 Å². The summed E-state index contributed by atoms with van der Waals surface area (Å²) < 4.78 is 21.7. The van der Waals surface area contributed by atoms with Gasteiger partial charge >= 0.3 is 23.2 Å². The Morgan fingerprint density at radius 2 is 1.05 bits per heavy atom. The lowest BCUT2D eigenvalue weighted by Gasteiger charge is -2.23. The van der Waals surface area contributed by atoms with E-state index >= 15 is 0 Å². The molecule has 10 heteroatoms. The highest BCUT2D eigenvalue weighted by Crippen LogP contribution is 2.34.